The van der Waals surface area contributed by atoms with Crippen LogP contribution in [0.4, 0.5) is 13.2 Å². The number of aryl methyl sites for hydroxylation is 2. The molecule has 7 heteroatoms. The summed E-state index contributed by atoms with van der Waals surface area (Å²) in [6.07, 6.45) is -0.745. The maximum atomic E-state index is 13.1. The smallest absolute Gasteiger partial charge is 0.290 e. The minimum atomic E-state index is -4.57. The summed E-state index contributed by atoms with van der Waals surface area (Å²) in [5, 5.41) is 1.64. The Morgan fingerprint density at radius 2 is 2.00 bits per heavy atom. The quantitative estimate of drug-likeness (QED) is 0.496. The number of imidazole rings is 1. The second-order valence-electron chi connectivity index (χ2n) is 5.40. The van der Waals surface area contributed by atoms with Gasteiger partial charge in [0, 0.05) is 17.1 Å². The van der Waals surface area contributed by atoms with Crippen molar-refractivity contribution >= 4 is 28.2 Å². The fourth-order valence-electron chi connectivity index (χ4n) is 2.32. The van der Waals surface area contributed by atoms with E-state index in [0.717, 1.165) is 28.5 Å². The first-order chi connectivity index (χ1) is 11.3. The number of halogens is 3. The monoisotopic (exact) mass is 350 g/mol. The van der Waals surface area contributed by atoms with Crippen molar-refractivity contribution in [1.29, 1.82) is 0 Å². The Labute approximate surface area is 140 Å². The number of nitrogens with zero attached hydrogens (tertiary/aromatic N) is 2. The highest BCUT2D eigenvalue weighted by Crippen LogP contribution is 2.33. The summed E-state index contributed by atoms with van der Waals surface area (Å²) in [5.74, 6) is -0.351. The number of fused-ring (bicyclic) bond motifs is 1. The van der Waals surface area contributed by atoms with E-state index in [1.165, 1.54) is 16.7 Å². The fourth-order valence-corrected chi connectivity index (χ4v) is 3.04. The molecule has 0 fully saturated rings. The molecule has 3 nitrogen and oxygen atoms in total. The van der Waals surface area contributed by atoms with Gasteiger partial charge in [-0.3, -0.25) is 9.20 Å². The lowest BCUT2D eigenvalue weighted by Gasteiger charge is -2.04. The van der Waals surface area contributed by atoms with Crippen LogP contribution in [-0.2, 0) is 6.18 Å². The fraction of sp³-hybridized carbons (Fsp3) is 0.176. The standard InChI is InChI=1S/C17H13F3N2OS/c1-10-3-4-12(9-11(10)2)14(23)6-5-13-15(17(18,19)20)21-16-22(13)7-8-24-16/h3-9H,1-2H3/b6-5+. The number of rotatable bonds is 3. The molecule has 3 rings (SSSR count). The van der Waals surface area contributed by atoms with Gasteiger partial charge in [-0.2, -0.15) is 13.2 Å². The molecule has 0 bridgehead atoms. The number of thiazole rings is 1. The molecule has 0 aliphatic heterocycles. The Morgan fingerprint density at radius 1 is 1.25 bits per heavy atom. The first-order valence-corrected chi connectivity index (χ1v) is 7.98. The molecule has 0 radical (unpaired) electrons. The second-order valence-corrected chi connectivity index (χ2v) is 6.27. The number of hydrogen-bond acceptors (Lipinski definition) is 3. The zero-order valence-corrected chi connectivity index (χ0v) is 13.7. The third kappa shape index (κ3) is 2.99. The molecule has 1 aromatic carbocycles. The van der Waals surface area contributed by atoms with E-state index in [1.54, 1.807) is 17.5 Å². The molecule has 2 heterocycles. The Balaban J connectivity index is 1.99. The Bertz CT molecular complexity index is 951. The van der Waals surface area contributed by atoms with Gasteiger partial charge in [-0.1, -0.05) is 12.1 Å². The predicted octanol–water partition coefficient (Wildman–Crippen LogP) is 4.93. The lowest BCUT2D eigenvalue weighted by atomic mass is 10.0. The van der Waals surface area contributed by atoms with E-state index in [-0.39, 0.29) is 16.4 Å². The Morgan fingerprint density at radius 3 is 2.67 bits per heavy atom. The van der Waals surface area contributed by atoms with E-state index >= 15 is 0 Å². The van der Waals surface area contributed by atoms with Crippen LogP contribution in [0.15, 0.2) is 35.9 Å². The summed E-state index contributed by atoms with van der Waals surface area (Å²) in [6, 6.07) is 5.20. The summed E-state index contributed by atoms with van der Waals surface area (Å²) >= 11 is 1.11. The summed E-state index contributed by atoms with van der Waals surface area (Å²) < 4.78 is 40.7. The van der Waals surface area contributed by atoms with Crippen molar-refractivity contribution in [2.24, 2.45) is 0 Å². The molecule has 0 spiro atoms. The molecular weight excluding hydrogens is 337 g/mol. The van der Waals surface area contributed by atoms with E-state index in [1.807, 2.05) is 19.9 Å². The molecule has 0 atom stereocenters. The molecule has 0 saturated heterocycles. The number of benzene rings is 1. The van der Waals surface area contributed by atoms with Crippen LogP contribution in [0, 0.1) is 13.8 Å². The average Bonchev–Trinajstić information content (AvgIpc) is 3.08. The number of aromatic nitrogens is 2. The van der Waals surface area contributed by atoms with Gasteiger partial charge in [0.2, 0.25) is 0 Å². The van der Waals surface area contributed by atoms with E-state index in [9.17, 15) is 18.0 Å². The van der Waals surface area contributed by atoms with Gasteiger partial charge in [0.05, 0.1) is 5.69 Å². The molecule has 24 heavy (non-hydrogen) atoms. The summed E-state index contributed by atoms with van der Waals surface area (Å²) in [7, 11) is 0. The number of allylic oxidation sites excluding steroid dienone is 1. The molecule has 2 aromatic heterocycles. The van der Waals surface area contributed by atoms with Crippen molar-refractivity contribution in [3.63, 3.8) is 0 Å². The van der Waals surface area contributed by atoms with Gasteiger partial charge in [-0.15, -0.1) is 11.3 Å². The number of carbonyl (C=O) groups is 1. The zero-order chi connectivity index (χ0) is 17.5. The van der Waals surface area contributed by atoms with Crippen molar-refractivity contribution in [2.45, 2.75) is 20.0 Å². The summed E-state index contributed by atoms with van der Waals surface area (Å²) in [5.41, 5.74) is 1.31. The van der Waals surface area contributed by atoms with Crippen molar-refractivity contribution in [3.05, 3.63) is 63.9 Å². The van der Waals surface area contributed by atoms with Gasteiger partial charge in [0.25, 0.3) is 0 Å². The maximum absolute atomic E-state index is 13.1. The van der Waals surface area contributed by atoms with Gasteiger partial charge in [-0.25, -0.2) is 4.98 Å². The molecule has 0 aliphatic rings. The zero-order valence-electron chi connectivity index (χ0n) is 12.9. The normalized spacial score (nSPS) is 12.4. The van der Waals surface area contributed by atoms with Gasteiger partial charge in [0.1, 0.15) is 0 Å². The van der Waals surface area contributed by atoms with Crippen LogP contribution in [0.5, 0.6) is 0 Å². The van der Waals surface area contributed by atoms with Crippen LogP contribution in [0.2, 0.25) is 0 Å². The van der Waals surface area contributed by atoms with Crippen LogP contribution in [0.3, 0.4) is 0 Å². The van der Waals surface area contributed by atoms with Gasteiger partial charge in [0.15, 0.2) is 16.4 Å². The Hall–Kier alpha value is -2.41. The van der Waals surface area contributed by atoms with Crippen LogP contribution in [0.25, 0.3) is 11.0 Å². The topological polar surface area (TPSA) is 34.4 Å². The SMILES string of the molecule is Cc1ccc(C(=O)/C=C/c2c(C(F)(F)F)nc3sccn23)cc1C. The highest BCUT2D eigenvalue weighted by Gasteiger charge is 2.37. The lowest BCUT2D eigenvalue weighted by molar-refractivity contribution is -0.140. The summed E-state index contributed by atoms with van der Waals surface area (Å²) in [4.78, 5) is 16.1. The van der Waals surface area contributed by atoms with Gasteiger partial charge in [-0.05, 0) is 43.2 Å². The van der Waals surface area contributed by atoms with Crippen molar-refractivity contribution in [2.75, 3.05) is 0 Å². The van der Waals surface area contributed by atoms with Gasteiger partial charge < -0.3 is 0 Å². The predicted molar refractivity (Wildman–Crippen MR) is 87.4 cm³/mol. The lowest BCUT2D eigenvalue weighted by Crippen LogP contribution is -2.08. The third-order valence-electron chi connectivity index (χ3n) is 3.75. The highest BCUT2D eigenvalue weighted by atomic mass is 32.1. The van der Waals surface area contributed by atoms with Crippen LogP contribution in [-0.4, -0.2) is 15.2 Å². The summed E-state index contributed by atoms with van der Waals surface area (Å²) in [6.45, 7) is 3.80. The average molecular weight is 350 g/mol. The molecule has 0 amide bonds. The molecule has 124 valence electrons. The highest BCUT2D eigenvalue weighted by molar-refractivity contribution is 7.15. The van der Waals surface area contributed by atoms with Crippen LogP contribution >= 0.6 is 11.3 Å². The molecule has 0 unspecified atom stereocenters. The molecule has 3 aromatic rings. The van der Waals surface area contributed by atoms with E-state index < -0.39 is 11.9 Å². The minimum Gasteiger partial charge on any atom is -0.290 e. The number of hydrogen-bond donors (Lipinski definition) is 0. The number of alkyl halides is 3. The van der Waals surface area contributed by atoms with Crippen LogP contribution in [0.1, 0.15) is 32.9 Å². The van der Waals surface area contributed by atoms with Crippen LogP contribution < -0.4 is 0 Å². The third-order valence-corrected chi connectivity index (χ3v) is 4.51. The first kappa shape index (κ1) is 16.4. The molecular formula is C17H13F3N2OS. The molecule has 0 N–H and O–H groups in total. The Kier molecular flexibility index (Phi) is 4.04. The van der Waals surface area contributed by atoms with Crippen molar-refractivity contribution < 1.29 is 18.0 Å². The molecule has 0 aliphatic carbocycles. The molecule has 0 saturated carbocycles. The number of carbonyl (C=O) groups excluding carboxylic acids is 1. The maximum Gasteiger partial charge on any atom is 0.435 e. The van der Waals surface area contributed by atoms with E-state index in [4.69, 9.17) is 0 Å². The van der Waals surface area contributed by atoms with Gasteiger partial charge >= 0.3 is 6.18 Å². The minimum absolute atomic E-state index is 0.143. The first-order valence-electron chi connectivity index (χ1n) is 7.10. The van der Waals surface area contributed by atoms with E-state index in [2.05, 4.69) is 4.98 Å². The van der Waals surface area contributed by atoms with Crippen molar-refractivity contribution in [1.82, 2.24) is 9.38 Å². The van der Waals surface area contributed by atoms with Crippen molar-refractivity contribution in [3.8, 4) is 0 Å². The van der Waals surface area contributed by atoms with E-state index in [0.29, 0.717) is 5.56 Å². The second kappa shape index (κ2) is 5.90. The largest absolute Gasteiger partial charge is 0.435 e. The number of ketones is 1.